The summed E-state index contributed by atoms with van der Waals surface area (Å²) in [5, 5.41) is 3.15. The normalized spacial score (nSPS) is 11.2. The third-order valence-electron chi connectivity index (χ3n) is 3.04. The number of nitrogens with zero attached hydrogens (tertiary/aromatic N) is 2. The Kier molecular flexibility index (Phi) is 4.71. The standard InChI is InChI=1S/C15H21N3O/c1-12-14(9-16-2)7-15(19-12)11-18(3)10-13-5-4-6-17-8-13/h4-8,16H,9-11H2,1-3H3. The van der Waals surface area contributed by atoms with Gasteiger partial charge in [0.2, 0.25) is 0 Å². The summed E-state index contributed by atoms with van der Waals surface area (Å²) < 4.78 is 5.78. The second-order valence-electron chi connectivity index (χ2n) is 4.86. The second-order valence-corrected chi connectivity index (χ2v) is 4.86. The molecule has 0 bridgehead atoms. The highest BCUT2D eigenvalue weighted by atomic mass is 16.3. The summed E-state index contributed by atoms with van der Waals surface area (Å²) in [6.07, 6.45) is 3.69. The number of aryl methyl sites for hydroxylation is 1. The van der Waals surface area contributed by atoms with Gasteiger partial charge in [0.25, 0.3) is 0 Å². The largest absolute Gasteiger partial charge is 0.465 e. The first kappa shape index (κ1) is 13.8. The van der Waals surface area contributed by atoms with Crippen molar-refractivity contribution in [2.75, 3.05) is 14.1 Å². The van der Waals surface area contributed by atoms with Gasteiger partial charge >= 0.3 is 0 Å². The maximum atomic E-state index is 5.78. The molecule has 2 aromatic heterocycles. The van der Waals surface area contributed by atoms with Crippen LogP contribution in [0.25, 0.3) is 0 Å². The van der Waals surface area contributed by atoms with Crippen molar-refractivity contribution in [3.63, 3.8) is 0 Å². The molecule has 0 unspecified atom stereocenters. The van der Waals surface area contributed by atoms with E-state index in [2.05, 4.69) is 34.4 Å². The molecule has 4 nitrogen and oxygen atoms in total. The second kappa shape index (κ2) is 6.50. The van der Waals surface area contributed by atoms with Crippen molar-refractivity contribution in [2.24, 2.45) is 0 Å². The SMILES string of the molecule is CNCc1cc(CN(C)Cc2cccnc2)oc1C. The molecule has 0 saturated heterocycles. The summed E-state index contributed by atoms with van der Waals surface area (Å²) in [4.78, 5) is 6.35. The van der Waals surface area contributed by atoms with E-state index in [1.54, 1.807) is 6.20 Å². The maximum absolute atomic E-state index is 5.78. The Balaban J connectivity index is 1.95. The molecule has 2 aromatic rings. The summed E-state index contributed by atoms with van der Waals surface area (Å²) in [7, 11) is 4.03. The summed E-state index contributed by atoms with van der Waals surface area (Å²) in [5.74, 6) is 2.01. The summed E-state index contributed by atoms with van der Waals surface area (Å²) >= 11 is 0. The molecule has 0 atom stereocenters. The molecule has 19 heavy (non-hydrogen) atoms. The van der Waals surface area contributed by atoms with E-state index in [-0.39, 0.29) is 0 Å². The first-order valence-electron chi connectivity index (χ1n) is 6.49. The van der Waals surface area contributed by atoms with Crippen molar-refractivity contribution < 1.29 is 4.42 Å². The Morgan fingerprint density at radius 3 is 2.89 bits per heavy atom. The van der Waals surface area contributed by atoms with Crippen LogP contribution in [0.3, 0.4) is 0 Å². The molecular formula is C15H21N3O. The fourth-order valence-electron chi connectivity index (χ4n) is 2.16. The van der Waals surface area contributed by atoms with E-state index < -0.39 is 0 Å². The topological polar surface area (TPSA) is 41.3 Å². The first-order chi connectivity index (χ1) is 9.19. The summed E-state index contributed by atoms with van der Waals surface area (Å²) in [6.45, 7) is 4.54. The van der Waals surface area contributed by atoms with Gasteiger partial charge in [-0.1, -0.05) is 6.07 Å². The molecule has 0 aliphatic carbocycles. The monoisotopic (exact) mass is 259 g/mol. The van der Waals surface area contributed by atoms with Crippen molar-refractivity contribution in [1.29, 1.82) is 0 Å². The maximum Gasteiger partial charge on any atom is 0.118 e. The highest BCUT2D eigenvalue weighted by molar-refractivity contribution is 5.20. The van der Waals surface area contributed by atoms with Gasteiger partial charge in [-0.3, -0.25) is 9.88 Å². The lowest BCUT2D eigenvalue weighted by molar-refractivity contribution is 0.285. The molecular weight excluding hydrogens is 238 g/mol. The molecule has 2 heterocycles. The molecule has 0 amide bonds. The average molecular weight is 259 g/mol. The Bertz CT molecular complexity index is 507. The Morgan fingerprint density at radius 1 is 1.37 bits per heavy atom. The average Bonchev–Trinajstić information content (AvgIpc) is 2.71. The van der Waals surface area contributed by atoms with Crippen LogP contribution in [0, 0.1) is 6.92 Å². The van der Waals surface area contributed by atoms with Gasteiger partial charge in [-0.2, -0.15) is 0 Å². The van der Waals surface area contributed by atoms with E-state index in [1.807, 2.05) is 26.2 Å². The first-order valence-corrected chi connectivity index (χ1v) is 6.49. The molecule has 102 valence electrons. The van der Waals surface area contributed by atoms with Crippen LogP contribution in [-0.4, -0.2) is 24.0 Å². The van der Waals surface area contributed by atoms with Gasteiger partial charge in [-0.15, -0.1) is 0 Å². The molecule has 0 saturated carbocycles. The van der Waals surface area contributed by atoms with Gasteiger partial charge in [0, 0.05) is 31.0 Å². The van der Waals surface area contributed by atoms with Crippen molar-refractivity contribution in [2.45, 2.75) is 26.6 Å². The fraction of sp³-hybridized carbons (Fsp3) is 0.400. The highest BCUT2D eigenvalue weighted by Crippen LogP contribution is 2.16. The molecule has 0 fully saturated rings. The molecule has 1 N–H and O–H groups in total. The summed E-state index contributed by atoms with van der Waals surface area (Å²) in [6, 6.07) is 6.18. The Morgan fingerprint density at radius 2 is 2.21 bits per heavy atom. The number of pyridine rings is 1. The minimum Gasteiger partial charge on any atom is -0.465 e. The lowest BCUT2D eigenvalue weighted by Gasteiger charge is -2.14. The van der Waals surface area contributed by atoms with E-state index >= 15 is 0 Å². The predicted molar refractivity (Wildman–Crippen MR) is 75.6 cm³/mol. The van der Waals surface area contributed by atoms with Crippen LogP contribution in [0.1, 0.15) is 22.6 Å². The van der Waals surface area contributed by atoms with Gasteiger partial charge < -0.3 is 9.73 Å². The highest BCUT2D eigenvalue weighted by Gasteiger charge is 2.09. The third kappa shape index (κ3) is 3.91. The van der Waals surface area contributed by atoms with Crippen molar-refractivity contribution in [1.82, 2.24) is 15.2 Å². The minimum atomic E-state index is 0.805. The fourth-order valence-corrected chi connectivity index (χ4v) is 2.16. The van der Waals surface area contributed by atoms with Gasteiger partial charge in [-0.05, 0) is 38.7 Å². The number of nitrogens with one attached hydrogen (secondary N) is 1. The smallest absolute Gasteiger partial charge is 0.118 e. The van der Waals surface area contributed by atoms with Gasteiger partial charge in [0.15, 0.2) is 0 Å². The molecule has 2 rings (SSSR count). The Hall–Kier alpha value is -1.65. The molecule has 0 aliphatic rings. The van der Waals surface area contributed by atoms with Crippen LogP contribution in [0.5, 0.6) is 0 Å². The van der Waals surface area contributed by atoms with E-state index in [9.17, 15) is 0 Å². The third-order valence-corrected chi connectivity index (χ3v) is 3.04. The zero-order chi connectivity index (χ0) is 13.7. The van der Waals surface area contributed by atoms with Crippen molar-refractivity contribution in [3.8, 4) is 0 Å². The lowest BCUT2D eigenvalue weighted by Crippen LogP contribution is -2.16. The van der Waals surface area contributed by atoms with E-state index in [1.165, 1.54) is 11.1 Å². The van der Waals surface area contributed by atoms with Crippen LogP contribution < -0.4 is 5.32 Å². The molecule has 0 aromatic carbocycles. The van der Waals surface area contributed by atoms with E-state index in [0.29, 0.717) is 0 Å². The predicted octanol–water partition coefficient (Wildman–Crippen LogP) is 2.33. The zero-order valence-electron chi connectivity index (χ0n) is 11.8. The minimum absolute atomic E-state index is 0.805. The number of hydrogen-bond donors (Lipinski definition) is 1. The van der Waals surface area contributed by atoms with E-state index in [4.69, 9.17) is 4.42 Å². The van der Waals surface area contributed by atoms with E-state index in [0.717, 1.165) is 31.2 Å². The van der Waals surface area contributed by atoms with Crippen LogP contribution in [-0.2, 0) is 19.6 Å². The van der Waals surface area contributed by atoms with Crippen molar-refractivity contribution in [3.05, 3.63) is 53.2 Å². The van der Waals surface area contributed by atoms with Crippen LogP contribution in [0.2, 0.25) is 0 Å². The van der Waals surface area contributed by atoms with Crippen molar-refractivity contribution >= 4 is 0 Å². The summed E-state index contributed by atoms with van der Waals surface area (Å²) in [5.41, 5.74) is 2.44. The van der Waals surface area contributed by atoms with Crippen LogP contribution in [0.15, 0.2) is 35.0 Å². The molecule has 4 heteroatoms. The van der Waals surface area contributed by atoms with Crippen LogP contribution >= 0.6 is 0 Å². The van der Waals surface area contributed by atoms with Gasteiger partial charge in [-0.25, -0.2) is 0 Å². The van der Waals surface area contributed by atoms with Crippen LogP contribution in [0.4, 0.5) is 0 Å². The lowest BCUT2D eigenvalue weighted by atomic mass is 10.2. The molecule has 0 aliphatic heterocycles. The number of rotatable bonds is 6. The number of furan rings is 1. The Labute approximate surface area is 114 Å². The quantitative estimate of drug-likeness (QED) is 0.864. The number of hydrogen-bond acceptors (Lipinski definition) is 4. The zero-order valence-corrected chi connectivity index (χ0v) is 11.8. The number of aromatic nitrogens is 1. The molecule has 0 spiro atoms. The molecule has 0 radical (unpaired) electrons. The van der Waals surface area contributed by atoms with Gasteiger partial charge in [0.1, 0.15) is 11.5 Å². The van der Waals surface area contributed by atoms with Gasteiger partial charge in [0.05, 0.1) is 6.54 Å².